The number of halogens is 1. The Labute approximate surface area is 80.3 Å². The molecule has 0 unspecified atom stereocenters. The maximum Gasteiger partial charge on any atom is 0.124 e. The van der Waals surface area contributed by atoms with E-state index in [1.807, 2.05) is 19.1 Å². The highest BCUT2D eigenvalue weighted by molar-refractivity contribution is 9.10. The van der Waals surface area contributed by atoms with E-state index in [1.165, 1.54) is 0 Å². The molecule has 1 aromatic carbocycles. The van der Waals surface area contributed by atoms with Crippen LogP contribution in [0.5, 0.6) is 5.75 Å². The van der Waals surface area contributed by atoms with Gasteiger partial charge in [-0.1, -0.05) is 15.9 Å². The molecule has 1 N–H and O–H groups in total. The summed E-state index contributed by atoms with van der Waals surface area (Å²) in [5.74, 6) is 0.319. The summed E-state index contributed by atoms with van der Waals surface area (Å²) in [5, 5.41) is 9.55. The lowest BCUT2D eigenvalue weighted by molar-refractivity contribution is 0.182. The van der Waals surface area contributed by atoms with Crippen LogP contribution in [0.1, 0.15) is 11.1 Å². The smallest absolute Gasteiger partial charge is 0.124 e. The minimum atomic E-state index is 0.319. The zero-order valence-electron chi connectivity index (χ0n) is 7.10. The van der Waals surface area contributed by atoms with E-state index in [9.17, 15) is 5.11 Å². The Morgan fingerprint density at radius 2 is 2.17 bits per heavy atom. The third kappa shape index (κ3) is 1.99. The Kier molecular flexibility index (Phi) is 3.12. The summed E-state index contributed by atoms with van der Waals surface area (Å²) in [6.45, 7) is 2.30. The second-order valence-corrected chi connectivity index (χ2v) is 3.58. The molecule has 0 heterocycles. The SMILES string of the molecule is COCc1cc(Br)cc(C)c1O. The van der Waals surface area contributed by atoms with Gasteiger partial charge in [0.05, 0.1) is 6.61 Å². The zero-order chi connectivity index (χ0) is 9.14. The molecular weight excluding hydrogens is 220 g/mol. The molecule has 0 spiro atoms. The van der Waals surface area contributed by atoms with Crippen molar-refractivity contribution in [2.24, 2.45) is 0 Å². The Morgan fingerprint density at radius 1 is 1.50 bits per heavy atom. The summed E-state index contributed by atoms with van der Waals surface area (Å²) in [5.41, 5.74) is 1.67. The minimum Gasteiger partial charge on any atom is -0.507 e. The van der Waals surface area contributed by atoms with Crippen LogP contribution in [0.4, 0.5) is 0 Å². The summed E-state index contributed by atoms with van der Waals surface area (Å²) in [6.07, 6.45) is 0. The molecule has 3 heteroatoms. The molecule has 0 saturated carbocycles. The van der Waals surface area contributed by atoms with Crippen LogP contribution in [0.25, 0.3) is 0 Å². The third-order valence-corrected chi connectivity index (χ3v) is 2.10. The average molecular weight is 231 g/mol. The summed E-state index contributed by atoms with van der Waals surface area (Å²) < 4.78 is 5.90. The van der Waals surface area contributed by atoms with E-state index in [1.54, 1.807) is 7.11 Å². The molecule has 0 amide bonds. The second kappa shape index (κ2) is 3.92. The highest BCUT2D eigenvalue weighted by atomic mass is 79.9. The van der Waals surface area contributed by atoms with Gasteiger partial charge in [0.1, 0.15) is 5.75 Å². The van der Waals surface area contributed by atoms with Crippen LogP contribution in [-0.2, 0) is 11.3 Å². The Balaban J connectivity index is 3.09. The molecule has 0 aliphatic carbocycles. The molecule has 0 aromatic heterocycles. The molecule has 0 aliphatic rings. The lowest BCUT2D eigenvalue weighted by Gasteiger charge is -2.06. The van der Waals surface area contributed by atoms with Gasteiger partial charge in [-0.2, -0.15) is 0 Å². The molecule has 66 valence electrons. The number of hydrogen-bond acceptors (Lipinski definition) is 2. The van der Waals surface area contributed by atoms with Gasteiger partial charge in [-0.15, -0.1) is 0 Å². The molecule has 1 rings (SSSR count). The molecule has 0 fully saturated rings. The van der Waals surface area contributed by atoms with E-state index < -0.39 is 0 Å². The first-order valence-corrected chi connectivity index (χ1v) is 4.41. The Hall–Kier alpha value is -0.540. The van der Waals surface area contributed by atoms with Crippen LogP contribution in [-0.4, -0.2) is 12.2 Å². The van der Waals surface area contributed by atoms with Crippen LogP contribution in [0, 0.1) is 6.92 Å². The van der Waals surface area contributed by atoms with Gasteiger partial charge >= 0.3 is 0 Å². The van der Waals surface area contributed by atoms with Crippen molar-refractivity contribution in [3.05, 3.63) is 27.7 Å². The highest BCUT2D eigenvalue weighted by Gasteiger charge is 2.04. The van der Waals surface area contributed by atoms with Crippen molar-refractivity contribution in [3.8, 4) is 5.75 Å². The first kappa shape index (κ1) is 9.55. The lowest BCUT2D eigenvalue weighted by atomic mass is 10.1. The number of ether oxygens (including phenoxy) is 1. The monoisotopic (exact) mass is 230 g/mol. The summed E-state index contributed by atoms with van der Waals surface area (Å²) >= 11 is 3.35. The number of hydrogen-bond donors (Lipinski definition) is 1. The number of methoxy groups -OCH3 is 1. The molecule has 12 heavy (non-hydrogen) atoms. The first-order chi connectivity index (χ1) is 5.65. The highest BCUT2D eigenvalue weighted by Crippen LogP contribution is 2.26. The summed E-state index contributed by atoms with van der Waals surface area (Å²) in [4.78, 5) is 0. The first-order valence-electron chi connectivity index (χ1n) is 3.62. The van der Waals surface area contributed by atoms with E-state index in [4.69, 9.17) is 4.74 Å². The van der Waals surface area contributed by atoms with Gasteiger partial charge in [0, 0.05) is 17.1 Å². The van der Waals surface area contributed by atoms with E-state index in [0.29, 0.717) is 12.4 Å². The molecule has 1 aromatic rings. The molecule has 2 nitrogen and oxygen atoms in total. The fourth-order valence-electron chi connectivity index (χ4n) is 1.07. The normalized spacial score (nSPS) is 10.2. The summed E-state index contributed by atoms with van der Waals surface area (Å²) in [7, 11) is 1.61. The van der Waals surface area contributed by atoms with Crippen LogP contribution in [0.2, 0.25) is 0 Å². The van der Waals surface area contributed by atoms with Gasteiger partial charge in [-0.05, 0) is 24.6 Å². The predicted octanol–water partition coefficient (Wildman–Crippen LogP) is 2.61. The quantitative estimate of drug-likeness (QED) is 0.847. The van der Waals surface area contributed by atoms with E-state index >= 15 is 0 Å². The van der Waals surface area contributed by atoms with Crippen molar-refractivity contribution in [1.29, 1.82) is 0 Å². The largest absolute Gasteiger partial charge is 0.507 e. The number of phenolic OH excluding ortho intramolecular Hbond substituents is 1. The van der Waals surface area contributed by atoms with Crippen LogP contribution >= 0.6 is 15.9 Å². The molecule has 0 aliphatic heterocycles. The van der Waals surface area contributed by atoms with E-state index in [2.05, 4.69) is 15.9 Å². The van der Waals surface area contributed by atoms with E-state index in [-0.39, 0.29) is 0 Å². The maximum atomic E-state index is 9.55. The third-order valence-electron chi connectivity index (χ3n) is 1.64. The predicted molar refractivity (Wildman–Crippen MR) is 51.3 cm³/mol. The van der Waals surface area contributed by atoms with Crippen molar-refractivity contribution < 1.29 is 9.84 Å². The Bertz CT molecular complexity index is 284. The molecule has 0 atom stereocenters. The van der Waals surface area contributed by atoms with Gasteiger partial charge in [0.2, 0.25) is 0 Å². The fraction of sp³-hybridized carbons (Fsp3) is 0.333. The van der Waals surface area contributed by atoms with Gasteiger partial charge in [-0.3, -0.25) is 0 Å². The second-order valence-electron chi connectivity index (χ2n) is 2.66. The van der Waals surface area contributed by atoms with Crippen molar-refractivity contribution in [2.75, 3.05) is 7.11 Å². The maximum absolute atomic E-state index is 9.55. The zero-order valence-corrected chi connectivity index (χ0v) is 8.68. The minimum absolute atomic E-state index is 0.319. The van der Waals surface area contributed by atoms with Gasteiger partial charge < -0.3 is 9.84 Å². The number of aromatic hydroxyl groups is 1. The van der Waals surface area contributed by atoms with Crippen LogP contribution in [0.15, 0.2) is 16.6 Å². The van der Waals surface area contributed by atoms with Crippen molar-refractivity contribution >= 4 is 15.9 Å². The van der Waals surface area contributed by atoms with E-state index in [0.717, 1.165) is 15.6 Å². The number of aryl methyl sites for hydroxylation is 1. The topological polar surface area (TPSA) is 29.5 Å². The molecule has 0 saturated heterocycles. The van der Waals surface area contributed by atoms with Crippen molar-refractivity contribution in [1.82, 2.24) is 0 Å². The van der Waals surface area contributed by atoms with Gasteiger partial charge in [0.15, 0.2) is 0 Å². The van der Waals surface area contributed by atoms with Crippen molar-refractivity contribution in [3.63, 3.8) is 0 Å². The summed E-state index contributed by atoms with van der Waals surface area (Å²) in [6, 6.07) is 3.72. The standard InChI is InChI=1S/C9H11BrO2/c1-6-3-8(10)4-7(5-12-2)9(6)11/h3-4,11H,5H2,1-2H3. The molecule has 0 bridgehead atoms. The number of rotatable bonds is 2. The number of benzene rings is 1. The number of phenols is 1. The van der Waals surface area contributed by atoms with Gasteiger partial charge in [0.25, 0.3) is 0 Å². The lowest BCUT2D eigenvalue weighted by Crippen LogP contribution is -1.90. The van der Waals surface area contributed by atoms with Gasteiger partial charge in [-0.25, -0.2) is 0 Å². The molecular formula is C9H11BrO2. The Morgan fingerprint density at radius 3 is 2.75 bits per heavy atom. The van der Waals surface area contributed by atoms with Crippen LogP contribution in [0.3, 0.4) is 0 Å². The average Bonchev–Trinajstić information content (AvgIpc) is 2.00. The molecule has 0 radical (unpaired) electrons. The fourth-order valence-corrected chi connectivity index (χ4v) is 1.69. The van der Waals surface area contributed by atoms with Crippen LogP contribution < -0.4 is 0 Å². The van der Waals surface area contributed by atoms with Crippen molar-refractivity contribution in [2.45, 2.75) is 13.5 Å².